The third kappa shape index (κ3) is 4.12. The first-order chi connectivity index (χ1) is 13.9. The first kappa shape index (κ1) is 20.5. The predicted molar refractivity (Wildman–Crippen MR) is 114 cm³/mol. The molecular weight excluding hydrogens is 384 g/mol. The lowest BCUT2D eigenvalue weighted by Gasteiger charge is -2.37. The van der Waals surface area contributed by atoms with Crippen molar-refractivity contribution in [2.24, 2.45) is 5.41 Å². The lowest BCUT2D eigenvalue weighted by atomic mass is 9.67. The van der Waals surface area contributed by atoms with E-state index in [4.69, 9.17) is 0 Å². The highest BCUT2D eigenvalue weighted by molar-refractivity contribution is 7.88. The number of rotatable bonds is 6. The summed E-state index contributed by atoms with van der Waals surface area (Å²) in [5.41, 5.74) is 1.99. The molecule has 0 radical (unpaired) electrons. The Hall–Kier alpha value is -1.73. The van der Waals surface area contributed by atoms with Crippen LogP contribution in [-0.4, -0.2) is 40.6 Å². The monoisotopic (exact) mass is 416 g/mol. The van der Waals surface area contributed by atoms with Gasteiger partial charge in [0.15, 0.2) is 0 Å². The molecular formula is C22H32N4O2S. The molecule has 158 valence electrons. The molecule has 29 heavy (non-hydrogen) atoms. The van der Waals surface area contributed by atoms with E-state index >= 15 is 0 Å². The van der Waals surface area contributed by atoms with Crippen molar-refractivity contribution in [2.45, 2.75) is 70.6 Å². The van der Waals surface area contributed by atoms with Crippen molar-refractivity contribution in [3.8, 4) is 0 Å². The van der Waals surface area contributed by atoms with Gasteiger partial charge in [0.05, 0.1) is 5.75 Å². The van der Waals surface area contributed by atoms with Crippen LogP contribution in [0.15, 0.2) is 30.6 Å². The normalized spacial score (nSPS) is 22.3. The van der Waals surface area contributed by atoms with E-state index in [1.54, 1.807) is 10.6 Å². The Morgan fingerprint density at radius 1 is 1.14 bits per heavy atom. The van der Waals surface area contributed by atoms with E-state index < -0.39 is 10.0 Å². The summed E-state index contributed by atoms with van der Waals surface area (Å²) in [6.07, 6.45) is 8.56. The number of hydrogen-bond acceptors (Lipinski definition) is 4. The van der Waals surface area contributed by atoms with Gasteiger partial charge in [-0.15, -0.1) is 10.2 Å². The fraction of sp³-hybridized carbons (Fsp3) is 0.636. The van der Waals surface area contributed by atoms with Crippen LogP contribution in [-0.2, 0) is 22.3 Å². The number of aryl methyl sites for hydroxylation is 2. The molecule has 1 saturated carbocycles. The van der Waals surface area contributed by atoms with Crippen molar-refractivity contribution in [1.82, 2.24) is 19.1 Å². The van der Waals surface area contributed by atoms with Crippen LogP contribution >= 0.6 is 0 Å². The van der Waals surface area contributed by atoms with Crippen LogP contribution in [0.4, 0.5) is 0 Å². The van der Waals surface area contributed by atoms with Gasteiger partial charge in [-0.1, -0.05) is 56.0 Å². The first-order valence-corrected chi connectivity index (χ1v) is 12.5. The molecule has 4 rings (SSSR count). The van der Waals surface area contributed by atoms with Crippen molar-refractivity contribution in [3.63, 3.8) is 0 Å². The summed E-state index contributed by atoms with van der Waals surface area (Å²) in [5, 5.41) is 8.64. The summed E-state index contributed by atoms with van der Waals surface area (Å²) in [4.78, 5) is 0. The van der Waals surface area contributed by atoms with Gasteiger partial charge in [0.2, 0.25) is 10.0 Å². The minimum absolute atomic E-state index is 0.00286. The van der Waals surface area contributed by atoms with Gasteiger partial charge < -0.3 is 4.57 Å². The number of benzene rings is 1. The van der Waals surface area contributed by atoms with Crippen LogP contribution in [0.5, 0.6) is 0 Å². The molecule has 0 amide bonds. The zero-order chi connectivity index (χ0) is 20.5. The van der Waals surface area contributed by atoms with Gasteiger partial charge in [0.25, 0.3) is 0 Å². The maximum Gasteiger partial charge on any atom is 0.218 e. The number of aromatic nitrogens is 3. The van der Waals surface area contributed by atoms with E-state index in [9.17, 15) is 8.42 Å². The molecule has 1 atom stereocenters. The molecule has 7 heteroatoms. The van der Waals surface area contributed by atoms with Crippen molar-refractivity contribution in [1.29, 1.82) is 0 Å². The molecule has 1 spiro atoms. The summed E-state index contributed by atoms with van der Waals surface area (Å²) in [6.45, 7) is 6.18. The summed E-state index contributed by atoms with van der Waals surface area (Å²) >= 11 is 0. The minimum atomic E-state index is -3.37. The SMILES string of the molecule is CCCn1cnnc1C1CN(S(=O)(=O)Cc2ccc(C)cc2)CC12CCCCC2. The minimum Gasteiger partial charge on any atom is -0.317 e. The fourth-order valence-electron chi connectivity index (χ4n) is 5.19. The third-order valence-electron chi connectivity index (χ3n) is 6.75. The predicted octanol–water partition coefficient (Wildman–Crippen LogP) is 3.88. The molecule has 2 aliphatic rings. The molecule has 6 nitrogen and oxygen atoms in total. The molecule has 1 unspecified atom stereocenters. The van der Waals surface area contributed by atoms with Gasteiger partial charge >= 0.3 is 0 Å². The van der Waals surface area contributed by atoms with E-state index in [1.807, 2.05) is 31.2 Å². The number of sulfonamides is 1. The molecule has 2 fully saturated rings. The van der Waals surface area contributed by atoms with Crippen molar-refractivity contribution < 1.29 is 8.42 Å². The largest absolute Gasteiger partial charge is 0.317 e. The molecule has 1 aromatic heterocycles. The molecule has 1 aromatic carbocycles. The average molecular weight is 417 g/mol. The van der Waals surface area contributed by atoms with Crippen molar-refractivity contribution >= 4 is 10.0 Å². The summed E-state index contributed by atoms with van der Waals surface area (Å²) in [6, 6.07) is 7.81. The van der Waals surface area contributed by atoms with E-state index in [-0.39, 0.29) is 17.1 Å². The van der Waals surface area contributed by atoms with Gasteiger partial charge in [0, 0.05) is 25.6 Å². The molecule has 1 aliphatic heterocycles. The van der Waals surface area contributed by atoms with Crippen LogP contribution in [0.25, 0.3) is 0 Å². The highest BCUT2D eigenvalue weighted by Gasteiger charge is 2.52. The number of nitrogens with zero attached hydrogens (tertiary/aromatic N) is 4. The van der Waals surface area contributed by atoms with Crippen LogP contribution in [0.3, 0.4) is 0 Å². The van der Waals surface area contributed by atoms with E-state index in [2.05, 4.69) is 21.7 Å². The highest BCUT2D eigenvalue weighted by atomic mass is 32.2. The Morgan fingerprint density at radius 3 is 2.55 bits per heavy atom. The Balaban J connectivity index is 1.62. The smallest absolute Gasteiger partial charge is 0.218 e. The summed E-state index contributed by atoms with van der Waals surface area (Å²) in [5.74, 6) is 1.17. The van der Waals surface area contributed by atoms with Crippen LogP contribution in [0, 0.1) is 12.3 Å². The maximum atomic E-state index is 13.3. The molecule has 0 bridgehead atoms. The first-order valence-electron chi connectivity index (χ1n) is 10.8. The lowest BCUT2D eigenvalue weighted by Crippen LogP contribution is -2.35. The second-order valence-electron chi connectivity index (χ2n) is 8.89. The second kappa shape index (κ2) is 8.19. The lowest BCUT2D eigenvalue weighted by molar-refractivity contribution is 0.176. The second-order valence-corrected chi connectivity index (χ2v) is 10.9. The molecule has 1 aliphatic carbocycles. The fourth-order valence-corrected chi connectivity index (χ4v) is 6.81. The third-order valence-corrected chi connectivity index (χ3v) is 8.51. The van der Waals surface area contributed by atoms with Crippen molar-refractivity contribution in [3.05, 3.63) is 47.5 Å². The topological polar surface area (TPSA) is 68.1 Å². The van der Waals surface area contributed by atoms with Gasteiger partial charge in [-0.3, -0.25) is 0 Å². The van der Waals surface area contributed by atoms with Gasteiger partial charge in [-0.2, -0.15) is 0 Å². The molecule has 2 heterocycles. The van der Waals surface area contributed by atoms with Crippen LogP contribution < -0.4 is 0 Å². The Morgan fingerprint density at radius 2 is 1.86 bits per heavy atom. The zero-order valence-electron chi connectivity index (χ0n) is 17.5. The van der Waals surface area contributed by atoms with Gasteiger partial charge in [0.1, 0.15) is 12.2 Å². The quantitative estimate of drug-likeness (QED) is 0.717. The van der Waals surface area contributed by atoms with Gasteiger partial charge in [-0.25, -0.2) is 12.7 Å². The highest BCUT2D eigenvalue weighted by Crippen LogP contribution is 2.52. The number of hydrogen-bond donors (Lipinski definition) is 0. The van der Waals surface area contributed by atoms with Gasteiger partial charge in [-0.05, 0) is 37.2 Å². The Bertz CT molecular complexity index is 930. The standard InChI is InChI=1S/C22H32N4O2S/c1-3-13-25-17-23-24-21(25)20-14-26(16-22(20)11-5-4-6-12-22)29(27,28)15-19-9-7-18(2)8-10-19/h7-10,17,20H,3-6,11-16H2,1-2H3. The Labute approximate surface area is 174 Å². The van der Waals surface area contributed by atoms with E-state index in [0.717, 1.165) is 42.8 Å². The molecule has 0 N–H and O–H groups in total. The molecule has 1 saturated heterocycles. The Kier molecular flexibility index (Phi) is 5.80. The molecule has 2 aromatic rings. The van der Waals surface area contributed by atoms with E-state index in [1.165, 1.54) is 19.3 Å². The zero-order valence-corrected chi connectivity index (χ0v) is 18.4. The van der Waals surface area contributed by atoms with Crippen molar-refractivity contribution in [2.75, 3.05) is 13.1 Å². The van der Waals surface area contributed by atoms with Crippen LogP contribution in [0.2, 0.25) is 0 Å². The van der Waals surface area contributed by atoms with E-state index in [0.29, 0.717) is 13.1 Å². The summed E-state index contributed by atoms with van der Waals surface area (Å²) < 4.78 is 30.5. The average Bonchev–Trinajstić information content (AvgIpc) is 3.29. The summed E-state index contributed by atoms with van der Waals surface area (Å²) in [7, 11) is -3.37. The van der Waals surface area contributed by atoms with Crippen LogP contribution in [0.1, 0.15) is 68.3 Å². The maximum absolute atomic E-state index is 13.3.